The fraction of sp³-hybridized carbons (Fsp3) is 0.417. The molecule has 5 heteroatoms. The molecule has 0 bridgehead atoms. The van der Waals surface area contributed by atoms with E-state index in [1.807, 2.05) is 18.2 Å². The minimum Gasteiger partial charge on any atom is -0.389 e. The van der Waals surface area contributed by atoms with Gasteiger partial charge in [-0.25, -0.2) is 0 Å². The third kappa shape index (κ3) is 5.02. The van der Waals surface area contributed by atoms with E-state index in [2.05, 4.69) is 40.2 Å². The molecule has 17 heavy (non-hydrogen) atoms. The highest BCUT2D eigenvalue weighted by atomic mass is 79.9. The van der Waals surface area contributed by atoms with E-state index < -0.39 is 0 Å². The summed E-state index contributed by atoms with van der Waals surface area (Å²) in [7, 11) is 4.14. The van der Waals surface area contributed by atoms with Gasteiger partial charge < -0.3 is 16.0 Å². The number of anilines is 1. The van der Waals surface area contributed by atoms with Crippen LogP contribution in [0.15, 0.2) is 22.7 Å². The molecule has 0 atom stereocenters. The van der Waals surface area contributed by atoms with Gasteiger partial charge >= 0.3 is 0 Å². The molecule has 0 radical (unpaired) electrons. The second kappa shape index (κ2) is 6.93. The fourth-order valence-electron chi connectivity index (χ4n) is 1.49. The predicted molar refractivity (Wildman–Crippen MR) is 81.7 cm³/mol. The van der Waals surface area contributed by atoms with Gasteiger partial charge in [-0.05, 0) is 45.3 Å². The van der Waals surface area contributed by atoms with E-state index in [0.29, 0.717) is 4.99 Å². The molecule has 0 aliphatic heterocycles. The van der Waals surface area contributed by atoms with Gasteiger partial charge in [0.1, 0.15) is 4.99 Å². The Bertz CT molecular complexity index is 393. The van der Waals surface area contributed by atoms with E-state index in [1.165, 1.54) is 0 Å². The summed E-state index contributed by atoms with van der Waals surface area (Å²) in [6.07, 6.45) is 1.08. The van der Waals surface area contributed by atoms with Crippen molar-refractivity contribution in [3.8, 4) is 0 Å². The first-order valence-corrected chi connectivity index (χ1v) is 6.69. The molecular weight excluding hydrogens is 298 g/mol. The van der Waals surface area contributed by atoms with Crippen LogP contribution < -0.4 is 11.1 Å². The van der Waals surface area contributed by atoms with Gasteiger partial charge in [-0.2, -0.15) is 0 Å². The SMILES string of the molecule is CN(C)CCCNc1ccc(Br)cc1C(N)=S. The number of hydrogen-bond donors (Lipinski definition) is 2. The van der Waals surface area contributed by atoms with Crippen LogP contribution in [0.1, 0.15) is 12.0 Å². The lowest BCUT2D eigenvalue weighted by molar-refractivity contribution is 0.405. The maximum Gasteiger partial charge on any atom is 0.106 e. The zero-order chi connectivity index (χ0) is 12.8. The van der Waals surface area contributed by atoms with Crippen molar-refractivity contribution in [3.05, 3.63) is 28.2 Å². The molecule has 1 aromatic carbocycles. The fourth-order valence-corrected chi connectivity index (χ4v) is 2.02. The second-order valence-corrected chi connectivity index (χ2v) is 5.49. The summed E-state index contributed by atoms with van der Waals surface area (Å²) in [5, 5.41) is 3.36. The van der Waals surface area contributed by atoms with Gasteiger partial charge in [-0.1, -0.05) is 28.1 Å². The van der Waals surface area contributed by atoms with Crippen molar-refractivity contribution in [3.63, 3.8) is 0 Å². The van der Waals surface area contributed by atoms with Crippen molar-refractivity contribution in [2.75, 3.05) is 32.5 Å². The number of rotatable bonds is 6. The van der Waals surface area contributed by atoms with Crippen LogP contribution in [0.5, 0.6) is 0 Å². The minimum atomic E-state index is 0.418. The molecule has 1 aromatic rings. The van der Waals surface area contributed by atoms with Gasteiger partial charge in [0.15, 0.2) is 0 Å². The third-order valence-electron chi connectivity index (χ3n) is 2.34. The van der Waals surface area contributed by atoms with Gasteiger partial charge in [-0.3, -0.25) is 0 Å². The maximum atomic E-state index is 5.70. The average Bonchev–Trinajstić information content (AvgIpc) is 2.25. The number of nitrogens with zero attached hydrogens (tertiary/aromatic N) is 1. The zero-order valence-corrected chi connectivity index (χ0v) is 12.6. The van der Waals surface area contributed by atoms with Crippen LogP contribution in [0.2, 0.25) is 0 Å². The van der Waals surface area contributed by atoms with Crippen molar-refractivity contribution in [2.45, 2.75) is 6.42 Å². The van der Waals surface area contributed by atoms with Crippen LogP contribution in [0.3, 0.4) is 0 Å². The average molecular weight is 316 g/mol. The monoisotopic (exact) mass is 315 g/mol. The normalized spacial score (nSPS) is 10.6. The van der Waals surface area contributed by atoms with E-state index in [4.69, 9.17) is 18.0 Å². The Labute approximate surface area is 116 Å². The number of nitrogens with one attached hydrogen (secondary N) is 1. The van der Waals surface area contributed by atoms with Crippen LogP contribution >= 0.6 is 28.1 Å². The molecule has 0 fully saturated rings. The maximum absolute atomic E-state index is 5.70. The summed E-state index contributed by atoms with van der Waals surface area (Å²) < 4.78 is 0.985. The topological polar surface area (TPSA) is 41.3 Å². The predicted octanol–water partition coefficient (Wildman–Crippen LogP) is 2.45. The summed E-state index contributed by atoms with van der Waals surface area (Å²) in [6, 6.07) is 5.92. The minimum absolute atomic E-state index is 0.418. The molecule has 0 aliphatic carbocycles. The van der Waals surface area contributed by atoms with Crippen molar-refractivity contribution in [1.29, 1.82) is 0 Å². The Hall–Kier alpha value is -0.650. The first-order valence-electron chi connectivity index (χ1n) is 5.48. The Morgan fingerprint density at radius 2 is 2.18 bits per heavy atom. The van der Waals surface area contributed by atoms with E-state index in [1.54, 1.807) is 0 Å². The molecule has 0 saturated heterocycles. The van der Waals surface area contributed by atoms with Crippen molar-refractivity contribution in [2.24, 2.45) is 5.73 Å². The summed E-state index contributed by atoms with van der Waals surface area (Å²) in [5.41, 5.74) is 7.59. The van der Waals surface area contributed by atoms with Gasteiger partial charge in [0.2, 0.25) is 0 Å². The Morgan fingerprint density at radius 1 is 1.47 bits per heavy atom. The molecule has 3 nitrogen and oxygen atoms in total. The second-order valence-electron chi connectivity index (χ2n) is 4.14. The summed E-state index contributed by atoms with van der Waals surface area (Å²) in [4.78, 5) is 2.58. The van der Waals surface area contributed by atoms with Crippen LogP contribution in [0.4, 0.5) is 5.69 Å². The van der Waals surface area contributed by atoms with E-state index in [0.717, 1.165) is 35.2 Å². The van der Waals surface area contributed by atoms with E-state index in [9.17, 15) is 0 Å². The van der Waals surface area contributed by atoms with Crippen LogP contribution in [0, 0.1) is 0 Å². The molecule has 0 aromatic heterocycles. The molecular formula is C12H18BrN3S. The van der Waals surface area contributed by atoms with Gasteiger partial charge in [0.05, 0.1) is 0 Å². The number of hydrogen-bond acceptors (Lipinski definition) is 3. The molecule has 1 rings (SSSR count). The number of nitrogens with two attached hydrogens (primary N) is 1. The third-order valence-corrected chi connectivity index (χ3v) is 3.06. The largest absolute Gasteiger partial charge is 0.389 e. The Balaban J connectivity index is 2.61. The number of benzene rings is 1. The number of thiocarbonyl (C=S) groups is 1. The first-order chi connectivity index (χ1) is 8.00. The number of halogens is 1. The lowest BCUT2D eigenvalue weighted by Crippen LogP contribution is -2.18. The molecule has 94 valence electrons. The van der Waals surface area contributed by atoms with Gasteiger partial charge in [0, 0.05) is 22.3 Å². The van der Waals surface area contributed by atoms with Crippen molar-refractivity contribution < 1.29 is 0 Å². The molecule has 0 unspecified atom stereocenters. The Morgan fingerprint density at radius 3 is 2.76 bits per heavy atom. The standard InChI is InChI=1S/C12H18BrN3S/c1-16(2)7-3-6-15-11-5-4-9(13)8-10(11)12(14)17/h4-5,8,15H,3,6-7H2,1-2H3,(H2,14,17). The van der Waals surface area contributed by atoms with Crippen LogP contribution in [-0.4, -0.2) is 37.1 Å². The van der Waals surface area contributed by atoms with E-state index in [-0.39, 0.29) is 0 Å². The highest BCUT2D eigenvalue weighted by Crippen LogP contribution is 2.21. The molecule has 0 heterocycles. The lowest BCUT2D eigenvalue weighted by Gasteiger charge is -2.13. The van der Waals surface area contributed by atoms with Crippen LogP contribution in [0.25, 0.3) is 0 Å². The van der Waals surface area contributed by atoms with Crippen molar-refractivity contribution >= 4 is 38.8 Å². The molecule has 0 amide bonds. The summed E-state index contributed by atoms with van der Waals surface area (Å²) >= 11 is 8.45. The van der Waals surface area contributed by atoms with Crippen LogP contribution in [-0.2, 0) is 0 Å². The quantitative estimate of drug-likeness (QED) is 0.625. The summed E-state index contributed by atoms with van der Waals surface area (Å²) in [6.45, 7) is 1.97. The van der Waals surface area contributed by atoms with Crippen molar-refractivity contribution in [1.82, 2.24) is 4.90 Å². The summed E-state index contributed by atoms with van der Waals surface area (Å²) in [5.74, 6) is 0. The molecule has 0 saturated carbocycles. The lowest BCUT2D eigenvalue weighted by atomic mass is 10.1. The molecule has 0 aliphatic rings. The first kappa shape index (κ1) is 14.4. The smallest absolute Gasteiger partial charge is 0.106 e. The van der Waals surface area contributed by atoms with E-state index >= 15 is 0 Å². The highest BCUT2D eigenvalue weighted by molar-refractivity contribution is 9.10. The zero-order valence-electron chi connectivity index (χ0n) is 10.2. The molecule has 0 spiro atoms. The Kier molecular flexibility index (Phi) is 5.88. The van der Waals surface area contributed by atoms with Gasteiger partial charge in [-0.15, -0.1) is 0 Å². The highest BCUT2D eigenvalue weighted by Gasteiger charge is 2.05. The van der Waals surface area contributed by atoms with Gasteiger partial charge in [0.25, 0.3) is 0 Å². The molecule has 3 N–H and O–H groups in total.